The number of Topliss-reactive ketones (excluding diaryl/α,β-unsaturated/α-hetero) is 1. The third-order valence-corrected chi connectivity index (χ3v) is 3.34. The Hall–Kier alpha value is -0.670. The maximum absolute atomic E-state index is 11.9. The predicted molar refractivity (Wildman–Crippen MR) is 75.5 cm³/mol. The molecular formula is C14H20BrNO. The largest absolute Gasteiger partial charge is 0.303 e. The zero-order valence-electron chi connectivity index (χ0n) is 10.6. The van der Waals surface area contributed by atoms with Crippen molar-refractivity contribution in [3.05, 3.63) is 34.3 Å². The van der Waals surface area contributed by atoms with Gasteiger partial charge in [-0.05, 0) is 31.6 Å². The third-order valence-electron chi connectivity index (χ3n) is 2.81. The molecule has 0 saturated carbocycles. The molecule has 0 amide bonds. The number of carbonyl (C=O) groups excluding carboxylic acids is 1. The molecule has 1 aromatic rings. The zero-order chi connectivity index (χ0) is 12.7. The molecule has 3 heteroatoms. The van der Waals surface area contributed by atoms with Crippen molar-refractivity contribution in [1.82, 2.24) is 4.90 Å². The van der Waals surface area contributed by atoms with Crippen molar-refractivity contribution in [3.8, 4) is 0 Å². The molecule has 0 spiro atoms. The lowest BCUT2D eigenvalue weighted by Crippen LogP contribution is -2.26. The number of hydrogen-bond donors (Lipinski definition) is 0. The average molecular weight is 298 g/mol. The van der Waals surface area contributed by atoms with Crippen LogP contribution in [0.2, 0.25) is 0 Å². The van der Waals surface area contributed by atoms with Crippen LogP contribution in [0.5, 0.6) is 0 Å². The fraction of sp³-hybridized carbons (Fsp3) is 0.500. The topological polar surface area (TPSA) is 20.3 Å². The van der Waals surface area contributed by atoms with Gasteiger partial charge in [0, 0.05) is 23.0 Å². The van der Waals surface area contributed by atoms with E-state index in [0.29, 0.717) is 6.42 Å². The van der Waals surface area contributed by atoms with E-state index in [1.54, 1.807) is 0 Å². The summed E-state index contributed by atoms with van der Waals surface area (Å²) in [7, 11) is 0. The van der Waals surface area contributed by atoms with Crippen molar-refractivity contribution in [1.29, 1.82) is 0 Å². The van der Waals surface area contributed by atoms with E-state index in [2.05, 4.69) is 34.7 Å². The first-order valence-corrected chi connectivity index (χ1v) is 6.97. The van der Waals surface area contributed by atoms with Gasteiger partial charge in [0.2, 0.25) is 0 Å². The number of ketones is 1. The molecule has 0 aromatic heterocycles. The Kier molecular flexibility index (Phi) is 6.45. The Morgan fingerprint density at radius 1 is 1.18 bits per heavy atom. The summed E-state index contributed by atoms with van der Waals surface area (Å²) < 4.78 is 1.01. The molecule has 94 valence electrons. The molecule has 0 radical (unpaired) electrons. The highest BCUT2D eigenvalue weighted by Gasteiger charge is 2.08. The summed E-state index contributed by atoms with van der Waals surface area (Å²) in [6.07, 6.45) is 1.75. The quantitative estimate of drug-likeness (QED) is 0.714. The summed E-state index contributed by atoms with van der Waals surface area (Å²) in [4.78, 5) is 14.3. The standard InChI is InChI=1S/C14H20BrNO/c1-3-10-16(4-2)11-9-14(17)12-5-7-13(15)8-6-12/h5-8H,3-4,9-11H2,1-2H3. The van der Waals surface area contributed by atoms with Gasteiger partial charge in [-0.3, -0.25) is 4.79 Å². The third kappa shape index (κ3) is 5.00. The Morgan fingerprint density at radius 2 is 1.82 bits per heavy atom. The highest BCUT2D eigenvalue weighted by Crippen LogP contribution is 2.12. The van der Waals surface area contributed by atoms with Crippen LogP contribution in [0.3, 0.4) is 0 Å². The molecule has 0 bridgehead atoms. The van der Waals surface area contributed by atoms with Gasteiger partial charge < -0.3 is 4.90 Å². The summed E-state index contributed by atoms with van der Waals surface area (Å²) in [5, 5.41) is 0. The molecule has 2 nitrogen and oxygen atoms in total. The molecular weight excluding hydrogens is 278 g/mol. The van der Waals surface area contributed by atoms with Crippen LogP contribution in [0.15, 0.2) is 28.7 Å². The second kappa shape index (κ2) is 7.62. The van der Waals surface area contributed by atoms with Gasteiger partial charge in [0.1, 0.15) is 0 Å². The summed E-state index contributed by atoms with van der Waals surface area (Å²) >= 11 is 3.37. The van der Waals surface area contributed by atoms with Crippen LogP contribution in [0.4, 0.5) is 0 Å². The van der Waals surface area contributed by atoms with E-state index in [4.69, 9.17) is 0 Å². The predicted octanol–water partition coefficient (Wildman–Crippen LogP) is 3.75. The number of hydrogen-bond acceptors (Lipinski definition) is 2. The molecule has 0 N–H and O–H groups in total. The number of nitrogens with zero attached hydrogens (tertiary/aromatic N) is 1. The van der Waals surface area contributed by atoms with Crippen LogP contribution in [0.25, 0.3) is 0 Å². The molecule has 0 aliphatic heterocycles. The van der Waals surface area contributed by atoms with Gasteiger partial charge in [-0.2, -0.15) is 0 Å². The van der Waals surface area contributed by atoms with E-state index in [-0.39, 0.29) is 5.78 Å². The van der Waals surface area contributed by atoms with Gasteiger partial charge in [0.15, 0.2) is 5.78 Å². The minimum Gasteiger partial charge on any atom is -0.303 e. The average Bonchev–Trinajstić information content (AvgIpc) is 2.35. The highest BCUT2D eigenvalue weighted by atomic mass is 79.9. The molecule has 0 unspecified atom stereocenters. The molecule has 0 aliphatic rings. The molecule has 0 fully saturated rings. The number of benzene rings is 1. The molecule has 0 saturated heterocycles. The van der Waals surface area contributed by atoms with Gasteiger partial charge in [0.25, 0.3) is 0 Å². The lowest BCUT2D eigenvalue weighted by Gasteiger charge is -2.18. The van der Waals surface area contributed by atoms with Gasteiger partial charge in [-0.25, -0.2) is 0 Å². The van der Waals surface area contributed by atoms with Crippen molar-refractivity contribution in [2.75, 3.05) is 19.6 Å². The summed E-state index contributed by atoms with van der Waals surface area (Å²) in [6.45, 7) is 7.25. The molecule has 17 heavy (non-hydrogen) atoms. The zero-order valence-corrected chi connectivity index (χ0v) is 12.2. The van der Waals surface area contributed by atoms with Crippen LogP contribution in [0, 0.1) is 0 Å². The normalized spacial score (nSPS) is 10.8. The lowest BCUT2D eigenvalue weighted by atomic mass is 10.1. The lowest BCUT2D eigenvalue weighted by molar-refractivity contribution is 0.0965. The Balaban J connectivity index is 2.46. The summed E-state index contributed by atoms with van der Waals surface area (Å²) in [5.41, 5.74) is 0.806. The van der Waals surface area contributed by atoms with Gasteiger partial charge >= 0.3 is 0 Å². The highest BCUT2D eigenvalue weighted by molar-refractivity contribution is 9.10. The van der Waals surface area contributed by atoms with Gasteiger partial charge in [0.05, 0.1) is 0 Å². The Morgan fingerprint density at radius 3 is 2.35 bits per heavy atom. The first-order valence-electron chi connectivity index (χ1n) is 6.18. The van der Waals surface area contributed by atoms with Crippen LogP contribution in [-0.2, 0) is 0 Å². The van der Waals surface area contributed by atoms with Crippen molar-refractivity contribution in [2.24, 2.45) is 0 Å². The molecule has 0 atom stereocenters. The fourth-order valence-corrected chi connectivity index (χ4v) is 2.05. The maximum atomic E-state index is 11.9. The van der Waals surface area contributed by atoms with E-state index in [1.807, 2.05) is 24.3 Å². The van der Waals surface area contributed by atoms with E-state index in [0.717, 1.165) is 36.1 Å². The van der Waals surface area contributed by atoms with E-state index in [1.165, 1.54) is 0 Å². The summed E-state index contributed by atoms with van der Waals surface area (Å²) in [6, 6.07) is 7.58. The molecule has 0 aliphatic carbocycles. The molecule has 0 heterocycles. The first kappa shape index (κ1) is 14.4. The minimum absolute atomic E-state index is 0.229. The number of carbonyl (C=O) groups is 1. The van der Waals surface area contributed by atoms with E-state index >= 15 is 0 Å². The second-order valence-corrected chi connectivity index (χ2v) is 5.03. The van der Waals surface area contributed by atoms with Gasteiger partial charge in [-0.15, -0.1) is 0 Å². The van der Waals surface area contributed by atoms with E-state index < -0.39 is 0 Å². The monoisotopic (exact) mass is 297 g/mol. The second-order valence-electron chi connectivity index (χ2n) is 4.11. The fourth-order valence-electron chi connectivity index (χ4n) is 1.78. The van der Waals surface area contributed by atoms with Crippen LogP contribution in [0.1, 0.15) is 37.0 Å². The van der Waals surface area contributed by atoms with Crippen LogP contribution < -0.4 is 0 Å². The van der Waals surface area contributed by atoms with Crippen LogP contribution >= 0.6 is 15.9 Å². The minimum atomic E-state index is 0.229. The molecule has 1 rings (SSSR count). The Bertz CT molecular complexity index is 348. The number of halogens is 1. The van der Waals surface area contributed by atoms with Crippen molar-refractivity contribution in [3.63, 3.8) is 0 Å². The SMILES string of the molecule is CCCN(CC)CCC(=O)c1ccc(Br)cc1. The first-order chi connectivity index (χ1) is 8.17. The molecule has 1 aromatic carbocycles. The summed E-state index contributed by atoms with van der Waals surface area (Å²) in [5.74, 6) is 0.229. The van der Waals surface area contributed by atoms with Gasteiger partial charge in [-0.1, -0.05) is 41.9 Å². The van der Waals surface area contributed by atoms with Crippen molar-refractivity contribution >= 4 is 21.7 Å². The van der Waals surface area contributed by atoms with Crippen LogP contribution in [-0.4, -0.2) is 30.3 Å². The van der Waals surface area contributed by atoms with Crippen molar-refractivity contribution < 1.29 is 4.79 Å². The Labute approximate surface area is 112 Å². The number of rotatable bonds is 7. The smallest absolute Gasteiger partial charge is 0.164 e. The van der Waals surface area contributed by atoms with E-state index in [9.17, 15) is 4.79 Å². The maximum Gasteiger partial charge on any atom is 0.164 e. The van der Waals surface area contributed by atoms with Crippen molar-refractivity contribution in [2.45, 2.75) is 26.7 Å².